The maximum Gasteiger partial charge on any atom is 0.191 e. The lowest BCUT2D eigenvalue weighted by Gasteiger charge is -2.37. The highest BCUT2D eigenvalue weighted by atomic mass is 16.4. The quantitative estimate of drug-likeness (QED) is 0.633. The van der Waals surface area contributed by atoms with E-state index in [-0.39, 0.29) is 5.54 Å². The van der Waals surface area contributed by atoms with Crippen molar-refractivity contribution in [3.05, 3.63) is 17.3 Å². The number of hydrogen-bond donors (Lipinski definition) is 0. The second-order valence-corrected chi connectivity index (χ2v) is 4.95. The van der Waals surface area contributed by atoms with E-state index in [9.17, 15) is 0 Å². The zero-order valence-corrected chi connectivity index (χ0v) is 9.42. The largest absolute Gasteiger partial charge is 0.446 e. The molecule has 1 aliphatic rings. The van der Waals surface area contributed by atoms with E-state index >= 15 is 0 Å². The molecule has 2 rings (SSSR count). The summed E-state index contributed by atoms with van der Waals surface area (Å²) in [7, 11) is 0. The van der Waals surface area contributed by atoms with Crippen LogP contribution >= 0.6 is 0 Å². The molecule has 0 saturated carbocycles. The predicted octanol–water partition coefficient (Wildman–Crippen LogP) is 2.14. The molecular formula is C11H18N2O. The summed E-state index contributed by atoms with van der Waals surface area (Å²) in [6, 6.07) is 0. The molecule has 0 amide bonds. The van der Waals surface area contributed by atoms with Crippen molar-refractivity contribution in [1.29, 1.82) is 0 Å². The minimum atomic E-state index is 0.227. The van der Waals surface area contributed by atoms with Gasteiger partial charge in [-0.2, -0.15) is 0 Å². The summed E-state index contributed by atoms with van der Waals surface area (Å²) in [5.41, 5.74) is 1.36. The Morgan fingerprint density at radius 1 is 1.36 bits per heavy atom. The molecule has 0 unspecified atom stereocenters. The Bertz CT molecular complexity index is 336. The smallest absolute Gasteiger partial charge is 0.191 e. The van der Waals surface area contributed by atoms with Gasteiger partial charge in [-0.1, -0.05) is 0 Å². The van der Waals surface area contributed by atoms with E-state index in [0.717, 1.165) is 36.9 Å². The fourth-order valence-electron chi connectivity index (χ4n) is 1.90. The molecule has 1 aromatic heterocycles. The number of nitrogens with zero attached hydrogens (tertiary/aromatic N) is 2. The molecule has 1 aromatic rings. The summed E-state index contributed by atoms with van der Waals surface area (Å²) in [6.45, 7) is 10.6. The normalized spacial score (nSPS) is 18.3. The molecule has 0 spiro atoms. The minimum absolute atomic E-state index is 0.227. The molecular weight excluding hydrogens is 176 g/mol. The van der Waals surface area contributed by atoms with E-state index in [4.69, 9.17) is 4.42 Å². The third kappa shape index (κ3) is 1.69. The van der Waals surface area contributed by atoms with E-state index in [0.29, 0.717) is 0 Å². The van der Waals surface area contributed by atoms with Crippen LogP contribution in [0.5, 0.6) is 0 Å². The van der Waals surface area contributed by atoms with Crippen LogP contribution in [-0.2, 0) is 13.0 Å². The average Bonchev–Trinajstić information content (AvgIpc) is 2.41. The first-order chi connectivity index (χ1) is 6.47. The molecule has 3 heteroatoms. The molecule has 0 radical (unpaired) electrons. The van der Waals surface area contributed by atoms with Crippen LogP contribution in [0.15, 0.2) is 4.42 Å². The van der Waals surface area contributed by atoms with E-state index in [1.54, 1.807) is 0 Å². The standard InChI is InChI=1S/C11H18N2O/c1-8-12-9-7-13(11(2,3)4)6-5-10(9)14-8/h5-7H2,1-4H3. The van der Waals surface area contributed by atoms with Crippen molar-refractivity contribution in [2.75, 3.05) is 6.54 Å². The highest BCUT2D eigenvalue weighted by Crippen LogP contribution is 2.24. The van der Waals surface area contributed by atoms with E-state index in [1.807, 2.05) is 6.92 Å². The van der Waals surface area contributed by atoms with Gasteiger partial charge in [-0.25, -0.2) is 4.98 Å². The minimum Gasteiger partial charge on any atom is -0.446 e. The van der Waals surface area contributed by atoms with Crippen molar-refractivity contribution in [3.8, 4) is 0 Å². The van der Waals surface area contributed by atoms with E-state index in [1.165, 1.54) is 0 Å². The molecule has 0 bridgehead atoms. The van der Waals surface area contributed by atoms with Crippen molar-refractivity contribution < 1.29 is 4.42 Å². The molecule has 78 valence electrons. The molecule has 2 heterocycles. The molecule has 0 atom stereocenters. The Kier molecular flexibility index (Phi) is 2.14. The van der Waals surface area contributed by atoms with Crippen molar-refractivity contribution >= 4 is 0 Å². The number of rotatable bonds is 0. The van der Waals surface area contributed by atoms with Gasteiger partial charge in [0, 0.05) is 32.0 Å². The third-order valence-corrected chi connectivity index (χ3v) is 2.78. The van der Waals surface area contributed by atoms with Crippen LogP contribution in [0.4, 0.5) is 0 Å². The highest BCUT2D eigenvalue weighted by molar-refractivity contribution is 5.13. The first-order valence-electron chi connectivity index (χ1n) is 5.17. The summed E-state index contributed by atoms with van der Waals surface area (Å²) >= 11 is 0. The number of hydrogen-bond acceptors (Lipinski definition) is 3. The first kappa shape index (κ1) is 9.71. The maximum atomic E-state index is 5.53. The first-order valence-corrected chi connectivity index (χ1v) is 5.17. The Hall–Kier alpha value is -0.830. The molecule has 14 heavy (non-hydrogen) atoms. The molecule has 3 nitrogen and oxygen atoms in total. The summed E-state index contributed by atoms with van der Waals surface area (Å²) < 4.78 is 5.53. The van der Waals surface area contributed by atoms with Gasteiger partial charge < -0.3 is 4.42 Å². The number of aryl methyl sites for hydroxylation is 1. The van der Waals surface area contributed by atoms with Gasteiger partial charge in [0.1, 0.15) is 5.76 Å². The summed E-state index contributed by atoms with van der Waals surface area (Å²) in [5.74, 6) is 1.88. The molecule has 0 N–H and O–H groups in total. The molecule has 0 saturated heterocycles. The lowest BCUT2D eigenvalue weighted by molar-refractivity contribution is 0.115. The topological polar surface area (TPSA) is 29.3 Å². The maximum absolute atomic E-state index is 5.53. The van der Waals surface area contributed by atoms with Gasteiger partial charge in [0.25, 0.3) is 0 Å². The Labute approximate surface area is 85.1 Å². The van der Waals surface area contributed by atoms with Gasteiger partial charge in [-0.15, -0.1) is 0 Å². The zero-order valence-electron chi connectivity index (χ0n) is 9.42. The van der Waals surface area contributed by atoms with E-state index in [2.05, 4.69) is 30.7 Å². The van der Waals surface area contributed by atoms with Gasteiger partial charge in [0.2, 0.25) is 0 Å². The van der Waals surface area contributed by atoms with Crippen LogP contribution in [0.3, 0.4) is 0 Å². The Morgan fingerprint density at radius 2 is 2.07 bits per heavy atom. The number of oxazole rings is 1. The van der Waals surface area contributed by atoms with Crippen LogP contribution in [0.25, 0.3) is 0 Å². The number of fused-ring (bicyclic) bond motifs is 1. The SMILES string of the molecule is Cc1nc2c(o1)CCN(C(C)(C)C)C2. The lowest BCUT2D eigenvalue weighted by atomic mass is 10.0. The van der Waals surface area contributed by atoms with Gasteiger partial charge in [0.15, 0.2) is 5.89 Å². The van der Waals surface area contributed by atoms with Crippen LogP contribution in [0.2, 0.25) is 0 Å². The zero-order chi connectivity index (χ0) is 10.3. The van der Waals surface area contributed by atoms with Crippen molar-refractivity contribution in [3.63, 3.8) is 0 Å². The highest BCUT2D eigenvalue weighted by Gasteiger charge is 2.28. The summed E-state index contributed by atoms with van der Waals surface area (Å²) in [6.07, 6.45) is 0.993. The van der Waals surface area contributed by atoms with Crippen LogP contribution in [-0.4, -0.2) is 22.0 Å². The van der Waals surface area contributed by atoms with Gasteiger partial charge >= 0.3 is 0 Å². The number of aromatic nitrogens is 1. The predicted molar refractivity (Wildman–Crippen MR) is 55.1 cm³/mol. The Balaban J connectivity index is 2.21. The summed E-state index contributed by atoms with van der Waals surface area (Å²) in [5, 5.41) is 0. The molecule has 0 aliphatic carbocycles. The second kappa shape index (κ2) is 3.09. The third-order valence-electron chi connectivity index (χ3n) is 2.78. The van der Waals surface area contributed by atoms with Gasteiger partial charge in [0.05, 0.1) is 5.69 Å². The van der Waals surface area contributed by atoms with E-state index < -0.39 is 0 Å². The molecule has 1 aliphatic heterocycles. The van der Waals surface area contributed by atoms with Crippen LogP contribution in [0.1, 0.15) is 38.1 Å². The fraction of sp³-hybridized carbons (Fsp3) is 0.727. The monoisotopic (exact) mass is 194 g/mol. The van der Waals surface area contributed by atoms with Crippen LogP contribution < -0.4 is 0 Å². The van der Waals surface area contributed by atoms with Crippen molar-refractivity contribution in [2.24, 2.45) is 0 Å². The lowest BCUT2D eigenvalue weighted by Crippen LogP contribution is -2.44. The van der Waals surface area contributed by atoms with Crippen molar-refractivity contribution in [1.82, 2.24) is 9.88 Å². The van der Waals surface area contributed by atoms with Gasteiger partial charge in [-0.05, 0) is 20.8 Å². The van der Waals surface area contributed by atoms with Crippen LogP contribution in [0, 0.1) is 6.92 Å². The van der Waals surface area contributed by atoms with Gasteiger partial charge in [-0.3, -0.25) is 4.90 Å². The summed E-state index contributed by atoms with van der Waals surface area (Å²) in [4.78, 5) is 6.85. The Morgan fingerprint density at radius 3 is 2.71 bits per heavy atom. The fourth-order valence-corrected chi connectivity index (χ4v) is 1.90. The van der Waals surface area contributed by atoms with Crippen molar-refractivity contribution in [2.45, 2.75) is 46.2 Å². The second-order valence-electron chi connectivity index (χ2n) is 4.95. The average molecular weight is 194 g/mol. The molecule has 0 aromatic carbocycles. The molecule has 0 fully saturated rings.